The molecule has 3 nitrogen and oxygen atoms in total. The quantitative estimate of drug-likeness (QED) is 0.595. The van der Waals surface area contributed by atoms with E-state index in [1.807, 2.05) is 0 Å². The molecule has 0 N–H and O–H groups in total. The van der Waals surface area contributed by atoms with Gasteiger partial charge in [-0.3, -0.25) is 0 Å². The van der Waals surface area contributed by atoms with E-state index in [9.17, 15) is 0 Å². The lowest BCUT2D eigenvalue weighted by molar-refractivity contribution is -0.357. The summed E-state index contributed by atoms with van der Waals surface area (Å²) in [6, 6.07) is 0. The molecule has 14 heavy (non-hydrogen) atoms. The van der Waals surface area contributed by atoms with Crippen LogP contribution in [0.4, 0.5) is 0 Å². The Bertz CT molecular complexity index is 268. The molecule has 2 atom stereocenters. The van der Waals surface area contributed by atoms with E-state index in [0.717, 1.165) is 19.3 Å². The minimum atomic E-state index is -0.419. The average Bonchev–Trinajstić information content (AvgIpc) is 2.68. The Balaban J connectivity index is 1.93. The minimum Gasteiger partial charge on any atom is -0.372 e. The highest BCUT2D eigenvalue weighted by Crippen LogP contribution is 2.58. The van der Waals surface area contributed by atoms with Gasteiger partial charge in [0.05, 0.1) is 13.2 Å². The molecule has 1 saturated carbocycles. The standard InChI is InChI=1S/C11H16O3/c1-12-10-5-3-2-4-9(10)8-11(10)13-6-7-14-11/h2,4,9H,3,5-8H2,1H3/t9-,10+/m1/s1. The monoisotopic (exact) mass is 196 g/mol. The number of hydrogen-bond donors (Lipinski definition) is 0. The van der Waals surface area contributed by atoms with Gasteiger partial charge < -0.3 is 14.2 Å². The summed E-state index contributed by atoms with van der Waals surface area (Å²) in [5.41, 5.74) is -0.196. The van der Waals surface area contributed by atoms with Gasteiger partial charge in [-0.05, 0) is 12.8 Å². The van der Waals surface area contributed by atoms with Crippen LogP contribution in [-0.4, -0.2) is 31.7 Å². The maximum absolute atomic E-state index is 5.76. The molecular formula is C11H16O3. The fraction of sp³-hybridized carbons (Fsp3) is 0.818. The second-order valence-corrected chi connectivity index (χ2v) is 4.32. The van der Waals surface area contributed by atoms with Gasteiger partial charge in [-0.15, -0.1) is 0 Å². The highest BCUT2D eigenvalue weighted by molar-refractivity contribution is 5.22. The van der Waals surface area contributed by atoms with E-state index >= 15 is 0 Å². The Labute approximate surface area is 84.0 Å². The molecule has 1 spiro atoms. The molecule has 1 heterocycles. The third-order valence-corrected chi connectivity index (χ3v) is 3.90. The van der Waals surface area contributed by atoms with Crippen LogP contribution in [0.2, 0.25) is 0 Å². The first-order chi connectivity index (χ1) is 6.83. The van der Waals surface area contributed by atoms with Gasteiger partial charge in [0, 0.05) is 19.4 Å². The van der Waals surface area contributed by atoms with Crippen LogP contribution in [0.5, 0.6) is 0 Å². The summed E-state index contributed by atoms with van der Waals surface area (Å²) < 4.78 is 17.2. The van der Waals surface area contributed by atoms with Crippen LogP contribution in [0.25, 0.3) is 0 Å². The van der Waals surface area contributed by atoms with Gasteiger partial charge in [0.25, 0.3) is 0 Å². The molecule has 0 aromatic heterocycles. The third-order valence-electron chi connectivity index (χ3n) is 3.90. The predicted molar refractivity (Wildman–Crippen MR) is 50.9 cm³/mol. The molecule has 2 aliphatic carbocycles. The molecule has 0 aromatic carbocycles. The number of fused-ring (bicyclic) bond motifs is 2. The van der Waals surface area contributed by atoms with Crippen molar-refractivity contribution in [3.8, 4) is 0 Å². The van der Waals surface area contributed by atoms with Crippen LogP contribution in [0.1, 0.15) is 19.3 Å². The number of allylic oxidation sites excluding steroid dienone is 1. The fourth-order valence-corrected chi connectivity index (χ4v) is 3.16. The Hall–Kier alpha value is -0.380. The molecule has 0 unspecified atom stereocenters. The Morgan fingerprint density at radius 2 is 2.14 bits per heavy atom. The second-order valence-electron chi connectivity index (χ2n) is 4.32. The topological polar surface area (TPSA) is 27.7 Å². The van der Waals surface area contributed by atoms with E-state index in [1.165, 1.54) is 0 Å². The van der Waals surface area contributed by atoms with E-state index in [-0.39, 0.29) is 5.60 Å². The number of methoxy groups -OCH3 is 1. The summed E-state index contributed by atoms with van der Waals surface area (Å²) in [5, 5.41) is 0. The largest absolute Gasteiger partial charge is 0.372 e. The van der Waals surface area contributed by atoms with E-state index in [2.05, 4.69) is 12.2 Å². The van der Waals surface area contributed by atoms with E-state index in [4.69, 9.17) is 14.2 Å². The highest BCUT2D eigenvalue weighted by Gasteiger charge is 2.69. The Morgan fingerprint density at radius 1 is 1.36 bits per heavy atom. The average molecular weight is 196 g/mol. The van der Waals surface area contributed by atoms with Crippen molar-refractivity contribution < 1.29 is 14.2 Å². The van der Waals surface area contributed by atoms with E-state index in [1.54, 1.807) is 7.11 Å². The van der Waals surface area contributed by atoms with Crippen molar-refractivity contribution in [2.24, 2.45) is 5.92 Å². The molecule has 0 radical (unpaired) electrons. The summed E-state index contributed by atoms with van der Waals surface area (Å²) in [6.45, 7) is 1.42. The third kappa shape index (κ3) is 0.835. The number of hydrogen-bond acceptors (Lipinski definition) is 3. The molecule has 0 aromatic rings. The zero-order valence-corrected chi connectivity index (χ0v) is 8.49. The highest BCUT2D eigenvalue weighted by atomic mass is 16.8. The normalized spacial score (nSPS) is 43.6. The van der Waals surface area contributed by atoms with Gasteiger partial charge >= 0.3 is 0 Å². The molecule has 2 fully saturated rings. The van der Waals surface area contributed by atoms with Crippen molar-refractivity contribution in [2.75, 3.05) is 20.3 Å². The van der Waals surface area contributed by atoms with Gasteiger partial charge in [-0.25, -0.2) is 0 Å². The summed E-state index contributed by atoms with van der Waals surface area (Å²) >= 11 is 0. The number of rotatable bonds is 1. The molecule has 3 heteroatoms. The van der Waals surface area contributed by atoms with Gasteiger partial charge in [-0.2, -0.15) is 0 Å². The van der Waals surface area contributed by atoms with Crippen LogP contribution in [0.15, 0.2) is 12.2 Å². The summed E-state index contributed by atoms with van der Waals surface area (Å²) in [5.74, 6) is 0.0660. The van der Waals surface area contributed by atoms with Gasteiger partial charge in [-0.1, -0.05) is 12.2 Å². The lowest BCUT2D eigenvalue weighted by atomic mass is 9.59. The molecular weight excluding hydrogens is 180 g/mol. The van der Waals surface area contributed by atoms with Crippen LogP contribution >= 0.6 is 0 Å². The zero-order chi connectivity index (χ0) is 9.65. The lowest BCUT2D eigenvalue weighted by Gasteiger charge is -2.60. The van der Waals surface area contributed by atoms with Crippen molar-refractivity contribution in [1.82, 2.24) is 0 Å². The van der Waals surface area contributed by atoms with Crippen LogP contribution in [0, 0.1) is 5.92 Å². The molecule has 3 rings (SSSR count). The summed E-state index contributed by atoms with van der Waals surface area (Å²) in [4.78, 5) is 0. The molecule has 1 aliphatic heterocycles. The molecule has 3 aliphatic rings. The van der Waals surface area contributed by atoms with Crippen molar-refractivity contribution in [3.05, 3.63) is 12.2 Å². The second kappa shape index (κ2) is 2.81. The van der Waals surface area contributed by atoms with Gasteiger partial charge in [0.15, 0.2) is 5.79 Å². The zero-order valence-electron chi connectivity index (χ0n) is 8.49. The number of ether oxygens (including phenoxy) is 3. The maximum Gasteiger partial charge on any atom is 0.199 e. The fourth-order valence-electron chi connectivity index (χ4n) is 3.16. The minimum absolute atomic E-state index is 0.196. The molecule has 0 bridgehead atoms. The van der Waals surface area contributed by atoms with Crippen molar-refractivity contribution in [1.29, 1.82) is 0 Å². The van der Waals surface area contributed by atoms with Crippen LogP contribution in [-0.2, 0) is 14.2 Å². The van der Waals surface area contributed by atoms with Crippen molar-refractivity contribution >= 4 is 0 Å². The summed E-state index contributed by atoms with van der Waals surface area (Å²) in [6.07, 6.45) is 7.54. The van der Waals surface area contributed by atoms with Crippen molar-refractivity contribution in [3.63, 3.8) is 0 Å². The summed E-state index contributed by atoms with van der Waals surface area (Å²) in [7, 11) is 1.78. The Kier molecular flexibility index (Phi) is 1.79. The first kappa shape index (κ1) is 8.89. The molecule has 78 valence electrons. The SMILES string of the molecule is CO[C@@]12CCC=C[C@@H]1CC21OCCO1. The maximum atomic E-state index is 5.76. The van der Waals surface area contributed by atoms with Crippen molar-refractivity contribution in [2.45, 2.75) is 30.7 Å². The lowest BCUT2D eigenvalue weighted by Crippen LogP contribution is -2.70. The first-order valence-electron chi connectivity index (χ1n) is 5.33. The molecule has 0 amide bonds. The predicted octanol–water partition coefficient (Wildman–Crippen LogP) is 1.48. The van der Waals surface area contributed by atoms with E-state index in [0.29, 0.717) is 19.1 Å². The first-order valence-corrected chi connectivity index (χ1v) is 5.33. The molecule has 1 saturated heterocycles. The smallest absolute Gasteiger partial charge is 0.199 e. The van der Waals surface area contributed by atoms with Crippen LogP contribution in [0.3, 0.4) is 0 Å². The van der Waals surface area contributed by atoms with Crippen LogP contribution < -0.4 is 0 Å². The van der Waals surface area contributed by atoms with E-state index < -0.39 is 5.79 Å². The van der Waals surface area contributed by atoms with Gasteiger partial charge in [0.2, 0.25) is 0 Å². The Morgan fingerprint density at radius 3 is 2.79 bits per heavy atom. The van der Waals surface area contributed by atoms with Gasteiger partial charge in [0.1, 0.15) is 5.60 Å².